The zero-order chi connectivity index (χ0) is 20.4. The summed E-state index contributed by atoms with van der Waals surface area (Å²) in [5.74, 6) is 1.44. The van der Waals surface area contributed by atoms with Crippen molar-refractivity contribution in [3.05, 3.63) is 52.5 Å². The van der Waals surface area contributed by atoms with Crippen LogP contribution in [0.1, 0.15) is 43.1 Å². The first-order valence-corrected chi connectivity index (χ1v) is 9.62. The minimum atomic E-state index is -0.319. The molecule has 2 rings (SSSR count). The minimum absolute atomic E-state index is 0.319. The second kappa shape index (κ2) is 11.2. The van der Waals surface area contributed by atoms with E-state index < -0.39 is 0 Å². The molecule has 0 fully saturated rings. The molecule has 0 radical (unpaired) electrons. The maximum Gasteiger partial charge on any atom is 0.271 e. The van der Waals surface area contributed by atoms with E-state index >= 15 is 0 Å². The van der Waals surface area contributed by atoms with Gasteiger partial charge in [-0.25, -0.2) is 5.43 Å². The Balaban J connectivity index is 2.04. The minimum Gasteiger partial charge on any atom is -0.494 e. The van der Waals surface area contributed by atoms with Gasteiger partial charge in [-0.15, -0.1) is 0 Å². The first kappa shape index (κ1) is 21.6. The van der Waals surface area contributed by atoms with E-state index in [1.54, 1.807) is 36.4 Å². The summed E-state index contributed by atoms with van der Waals surface area (Å²) in [5, 5.41) is 4.42. The highest BCUT2D eigenvalue weighted by atomic mass is 35.5. The molecule has 150 valence electrons. The molecule has 0 saturated heterocycles. The van der Waals surface area contributed by atoms with Crippen LogP contribution in [0.3, 0.4) is 0 Å². The SMILES string of the molecule is CCCOc1ccc(C(=O)N/N=C/c2cc(Cl)c(OCC)c(OCC)c2)cc1. The number of ether oxygens (including phenoxy) is 3. The summed E-state index contributed by atoms with van der Waals surface area (Å²) < 4.78 is 16.6. The van der Waals surface area contributed by atoms with Crippen LogP contribution in [0.2, 0.25) is 5.02 Å². The summed E-state index contributed by atoms with van der Waals surface area (Å²) in [4.78, 5) is 12.2. The monoisotopic (exact) mass is 404 g/mol. The molecule has 0 saturated carbocycles. The van der Waals surface area contributed by atoms with Crippen molar-refractivity contribution >= 4 is 23.7 Å². The predicted octanol–water partition coefficient (Wildman–Crippen LogP) is 4.69. The largest absolute Gasteiger partial charge is 0.494 e. The number of benzene rings is 2. The molecule has 7 heteroatoms. The van der Waals surface area contributed by atoms with Crippen molar-refractivity contribution in [1.82, 2.24) is 5.43 Å². The molecule has 1 N–H and O–H groups in total. The van der Waals surface area contributed by atoms with Gasteiger partial charge in [-0.05, 0) is 62.2 Å². The summed E-state index contributed by atoms with van der Waals surface area (Å²) in [5.41, 5.74) is 3.66. The lowest BCUT2D eigenvalue weighted by Gasteiger charge is -2.13. The van der Waals surface area contributed by atoms with Crippen LogP contribution >= 0.6 is 11.6 Å². The Bertz CT molecular complexity index is 807. The van der Waals surface area contributed by atoms with Crippen LogP contribution in [0.5, 0.6) is 17.2 Å². The fraction of sp³-hybridized carbons (Fsp3) is 0.333. The number of carbonyl (C=O) groups is 1. The van der Waals surface area contributed by atoms with E-state index in [4.69, 9.17) is 25.8 Å². The Hall–Kier alpha value is -2.73. The highest BCUT2D eigenvalue weighted by Gasteiger charge is 2.11. The van der Waals surface area contributed by atoms with Crippen LogP contribution in [0.15, 0.2) is 41.5 Å². The highest BCUT2D eigenvalue weighted by molar-refractivity contribution is 6.32. The molecule has 0 aromatic heterocycles. The normalized spacial score (nSPS) is 10.7. The van der Waals surface area contributed by atoms with Gasteiger partial charge in [0.15, 0.2) is 11.5 Å². The number of hydrogen-bond acceptors (Lipinski definition) is 5. The van der Waals surface area contributed by atoms with Gasteiger partial charge in [-0.1, -0.05) is 18.5 Å². The van der Waals surface area contributed by atoms with Crippen molar-refractivity contribution < 1.29 is 19.0 Å². The fourth-order valence-electron chi connectivity index (χ4n) is 2.36. The molecular weight excluding hydrogens is 380 g/mol. The van der Waals surface area contributed by atoms with Gasteiger partial charge in [-0.3, -0.25) is 4.79 Å². The van der Waals surface area contributed by atoms with Gasteiger partial charge in [0.25, 0.3) is 5.91 Å². The third-order valence-electron chi connectivity index (χ3n) is 3.59. The highest BCUT2D eigenvalue weighted by Crippen LogP contribution is 2.36. The Morgan fingerprint density at radius 2 is 1.79 bits per heavy atom. The fourth-order valence-corrected chi connectivity index (χ4v) is 2.64. The first-order valence-electron chi connectivity index (χ1n) is 9.24. The molecule has 0 unspecified atom stereocenters. The average molecular weight is 405 g/mol. The molecule has 2 aromatic rings. The van der Waals surface area contributed by atoms with E-state index in [1.165, 1.54) is 6.21 Å². The van der Waals surface area contributed by atoms with Crippen LogP contribution in [-0.4, -0.2) is 31.9 Å². The standard InChI is InChI=1S/C21H25ClN2O4/c1-4-11-28-17-9-7-16(8-10-17)21(25)24-23-14-15-12-18(22)20(27-6-3)19(13-15)26-5-2/h7-10,12-14H,4-6,11H2,1-3H3,(H,24,25)/b23-14+. The second-order valence-electron chi connectivity index (χ2n) is 5.77. The topological polar surface area (TPSA) is 69.2 Å². The number of nitrogens with zero attached hydrogens (tertiary/aromatic N) is 1. The van der Waals surface area contributed by atoms with Crippen molar-refractivity contribution in [1.29, 1.82) is 0 Å². The van der Waals surface area contributed by atoms with Gasteiger partial charge in [0.1, 0.15) is 5.75 Å². The van der Waals surface area contributed by atoms with Crippen LogP contribution in [0.4, 0.5) is 0 Å². The Morgan fingerprint density at radius 3 is 2.43 bits per heavy atom. The van der Waals surface area contributed by atoms with Crippen molar-refractivity contribution in [2.45, 2.75) is 27.2 Å². The summed E-state index contributed by atoms with van der Waals surface area (Å²) in [6.45, 7) is 7.39. The van der Waals surface area contributed by atoms with E-state index in [2.05, 4.69) is 10.5 Å². The van der Waals surface area contributed by atoms with Crippen LogP contribution < -0.4 is 19.6 Å². The average Bonchev–Trinajstić information content (AvgIpc) is 2.69. The summed E-state index contributed by atoms with van der Waals surface area (Å²) in [6, 6.07) is 10.4. The molecule has 0 aliphatic carbocycles. The van der Waals surface area contributed by atoms with E-state index in [9.17, 15) is 4.79 Å². The number of carbonyl (C=O) groups excluding carboxylic acids is 1. The van der Waals surface area contributed by atoms with Gasteiger partial charge in [0.05, 0.1) is 31.1 Å². The maximum atomic E-state index is 12.2. The smallest absolute Gasteiger partial charge is 0.271 e. The van der Waals surface area contributed by atoms with Gasteiger partial charge in [0.2, 0.25) is 0 Å². The van der Waals surface area contributed by atoms with Crippen molar-refractivity contribution in [3.63, 3.8) is 0 Å². The summed E-state index contributed by atoms with van der Waals surface area (Å²) in [6.07, 6.45) is 2.43. The Labute approximate surface area is 170 Å². The molecule has 6 nitrogen and oxygen atoms in total. The molecule has 2 aromatic carbocycles. The molecule has 28 heavy (non-hydrogen) atoms. The number of rotatable bonds is 10. The Morgan fingerprint density at radius 1 is 1.07 bits per heavy atom. The van der Waals surface area contributed by atoms with E-state index in [0.717, 1.165) is 12.2 Å². The van der Waals surface area contributed by atoms with Crippen LogP contribution in [-0.2, 0) is 0 Å². The molecule has 0 aliphatic heterocycles. The van der Waals surface area contributed by atoms with E-state index in [-0.39, 0.29) is 5.91 Å². The quantitative estimate of drug-likeness (QED) is 0.460. The van der Waals surface area contributed by atoms with Crippen molar-refractivity contribution in [3.8, 4) is 17.2 Å². The third kappa shape index (κ3) is 6.16. The van der Waals surface area contributed by atoms with Crippen LogP contribution in [0.25, 0.3) is 0 Å². The molecule has 0 atom stereocenters. The zero-order valence-electron chi connectivity index (χ0n) is 16.3. The second-order valence-corrected chi connectivity index (χ2v) is 6.18. The first-order chi connectivity index (χ1) is 13.6. The lowest BCUT2D eigenvalue weighted by atomic mass is 10.2. The van der Waals surface area contributed by atoms with Crippen LogP contribution in [0, 0.1) is 0 Å². The predicted molar refractivity (Wildman–Crippen MR) is 111 cm³/mol. The third-order valence-corrected chi connectivity index (χ3v) is 3.87. The lowest BCUT2D eigenvalue weighted by Crippen LogP contribution is -2.17. The van der Waals surface area contributed by atoms with Gasteiger partial charge in [-0.2, -0.15) is 5.10 Å². The molecule has 0 heterocycles. The molecule has 0 spiro atoms. The number of amides is 1. The number of hydrazone groups is 1. The summed E-state index contributed by atoms with van der Waals surface area (Å²) >= 11 is 6.27. The number of halogens is 1. The van der Waals surface area contributed by atoms with Gasteiger partial charge in [0, 0.05) is 5.56 Å². The molecule has 1 amide bonds. The maximum absolute atomic E-state index is 12.2. The van der Waals surface area contributed by atoms with Gasteiger partial charge >= 0.3 is 0 Å². The lowest BCUT2D eigenvalue weighted by molar-refractivity contribution is 0.0955. The number of nitrogens with one attached hydrogen (secondary N) is 1. The summed E-state index contributed by atoms with van der Waals surface area (Å²) in [7, 11) is 0. The number of hydrogen-bond donors (Lipinski definition) is 1. The Kier molecular flexibility index (Phi) is 8.62. The van der Waals surface area contributed by atoms with Gasteiger partial charge < -0.3 is 14.2 Å². The van der Waals surface area contributed by atoms with E-state index in [0.29, 0.717) is 47.5 Å². The van der Waals surface area contributed by atoms with E-state index in [1.807, 2.05) is 20.8 Å². The van der Waals surface area contributed by atoms with Crippen molar-refractivity contribution in [2.75, 3.05) is 19.8 Å². The van der Waals surface area contributed by atoms with Crippen molar-refractivity contribution in [2.24, 2.45) is 5.10 Å². The molecule has 0 aliphatic rings. The zero-order valence-corrected chi connectivity index (χ0v) is 17.1. The molecule has 0 bridgehead atoms. The molecular formula is C21H25ClN2O4.